The van der Waals surface area contributed by atoms with Crippen LogP contribution in [0.1, 0.15) is 36.5 Å². The average molecular weight is 415 g/mol. The Labute approximate surface area is 163 Å². The maximum absolute atomic E-state index is 12.6. The maximum Gasteiger partial charge on any atom is 0.452 e. The third-order valence-electron chi connectivity index (χ3n) is 6.44. The lowest BCUT2D eigenvalue weighted by atomic mass is 9.57. The Hall–Kier alpha value is -1.91. The van der Waals surface area contributed by atoms with E-state index < -0.39 is 12.0 Å². The van der Waals surface area contributed by atoms with Crippen LogP contribution in [0.3, 0.4) is 0 Å². The monoisotopic (exact) mass is 415 g/mol. The molecule has 4 heterocycles. The highest BCUT2D eigenvalue weighted by Gasteiger charge is 2.56. The van der Waals surface area contributed by atoms with Crippen molar-refractivity contribution in [3.8, 4) is 0 Å². The Kier molecular flexibility index (Phi) is 3.76. The highest BCUT2D eigenvalue weighted by molar-refractivity contribution is 7.05. The van der Waals surface area contributed by atoms with Crippen LogP contribution in [0.2, 0.25) is 0 Å². The first-order valence-corrected chi connectivity index (χ1v) is 10.2. The number of hydrogen-bond acceptors (Lipinski definition) is 5. The summed E-state index contributed by atoms with van der Waals surface area (Å²) in [5.41, 5.74) is -0.0735. The molecule has 3 saturated heterocycles. The van der Waals surface area contributed by atoms with Crippen LogP contribution in [0.5, 0.6) is 0 Å². The Morgan fingerprint density at radius 1 is 1.21 bits per heavy atom. The van der Waals surface area contributed by atoms with Gasteiger partial charge in [0.15, 0.2) is 0 Å². The van der Waals surface area contributed by atoms with Gasteiger partial charge in [-0.25, -0.2) is 9.78 Å². The molecule has 0 atom stereocenters. The molecule has 3 aliphatic heterocycles. The van der Waals surface area contributed by atoms with Gasteiger partial charge in [-0.2, -0.15) is 17.5 Å². The van der Waals surface area contributed by atoms with Crippen molar-refractivity contribution < 1.29 is 22.8 Å². The minimum absolute atomic E-state index is 0.0276. The molecule has 28 heavy (non-hydrogen) atoms. The number of rotatable bonds is 2. The van der Waals surface area contributed by atoms with Gasteiger partial charge in [-0.15, -0.1) is 0 Å². The van der Waals surface area contributed by atoms with E-state index in [1.165, 1.54) is 0 Å². The van der Waals surface area contributed by atoms with Crippen molar-refractivity contribution >= 4 is 23.5 Å². The Morgan fingerprint density at radius 3 is 2.46 bits per heavy atom. The van der Waals surface area contributed by atoms with E-state index in [-0.39, 0.29) is 22.9 Å². The van der Waals surface area contributed by atoms with Gasteiger partial charge in [0.1, 0.15) is 5.01 Å². The smallest absolute Gasteiger partial charge is 0.347 e. The van der Waals surface area contributed by atoms with Crippen molar-refractivity contribution in [2.45, 2.75) is 43.8 Å². The van der Waals surface area contributed by atoms with Crippen molar-refractivity contribution in [2.75, 3.05) is 26.2 Å². The number of likely N-dealkylation sites (tertiary alicyclic amines) is 2. The minimum atomic E-state index is -4.48. The van der Waals surface area contributed by atoms with Gasteiger partial charge in [-0.05, 0) is 36.7 Å². The predicted octanol–water partition coefficient (Wildman–Crippen LogP) is 1.90. The molecule has 5 rings (SSSR count). The fraction of sp³-hybridized carbons (Fsp3) is 0.765. The molecule has 4 aliphatic rings. The zero-order valence-electron chi connectivity index (χ0n) is 15.1. The number of carbonyl (C=O) groups is 2. The van der Waals surface area contributed by atoms with E-state index in [4.69, 9.17) is 0 Å². The number of carbonyl (C=O) groups excluding carboxylic acids is 2. The van der Waals surface area contributed by atoms with Crippen LogP contribution < -0.4 is 5.32 Å². The molecule has 1 aliphatic carbocycles. The SMILES string of the molecule is O=C1CCC2(CN(C(=O)N3CC4(CC(Cc5nc(C(F)(F)F)ns5)C4)C3)C2)N1. The number of nitrogens with zero attached hydrogens (tertiary/aromatic N) is 4. The Balaban J connectivity index is 1.07. The summed E-state index contributed by atoms with van der Waals surface area (Å²) >= 11 is 0.827. The van der Waals surface area contributed by atoms with Gasteiger partial charge in [0.25, 0.3) is 0 Å². The fourth-order valence-electron chi connectivity index (χ4n) is 5.20. The molecule has 0 bridgehead atoms. The molecular weight excluding hydrogens is 395 g/mol. The third kappa shape index (κ3) is 2.94. The predicted molar refractivity (Wildman–Crippen MR) is 92.4 cm³/mol. The second kappa shape index (κ2) is 5.80. The number of hydrogen-bond donors (Lipinski definition) is 1. The summed E-state index contributed by atoms with van der Waals surface area (Å²) in [6, 6.07) is 0.0276. The zero-order valence-corrected chi connectivity index (χ0v) is 15.9. The number of nitrogens with one attached hydrogen (secondary N) is 1. The molecule has 1 aromatic heterocycles. The van der Waals surface area contributed by atoms with E-state index in [9.17, 15) is 22.8 Å². The van der Waals surface area contributed by atoms with Crippen LogP contribution in [-0.2, 0) is 17.4 Å². The lowest BCUT2D eigenvalue weighted by molar-refractivity contribution is -0.144. The number of halogens is 3. The van der Waals surface area contributed by atoms with E-state index in [1.54, 1.807) is 4.90 Å². The number of alkyl halides is 3. The average Bonchev–Trinajstić information content (AvgIpc) is 3.12. The molecule has 11 heteroatoms. The van der Waals surface area contributed by atoms with Crippen molar-refractivity contribution in [1.82, 2.24) is 24.5 Å². The molecule has 2 spiro atoms. The topological polar surface area (TPSA) is 78.4 Å². The summed E-state index contributed by atoms with van der Waals surface area (Å²) in [4.78, 5) is 31.2. The van der Waals surface area contributed by atoms with Crippen molar-refractivity contribution in [3.05, 3.63) is 10.8 Å². The number of aromatic nitrogens is 2. The molecule has 3 amide bonds. The van der Waals surface area contributed by atoms with Crippen LogP contribution in [0, 0.1) is 11.3 Å². The van der Waals surface area contributed by atoms with Crippen LogP contribution in [0.25, 0.3) is 0 Å². The van der Waals surface area contributed by atoms with Crippen LogP contribution in [0.4, 0.5) is 18.0 Å². The molecule has 1 N–H and O–H groups in total. The van der Waals surface area contributed by atoms with E-state index in [0.29, 0.717) is 49.9 Å². The second-order valence-corrected chi connectivity index (χ2v) is 9.65. The highest BCUT2D eigenvalue weighted by atomic mass is 32.1. The summed E-state index contributed by atoms with van der Waals surface area (Å²) in [5, 5.41) is 3.41. The largest absolute Gasteiger partial charge is 0.452 e. The molecule has 0 aromatic carbocycles. The van der Waals surface area contributed by atoms with Gasteiger partial charge >= 0.3 is 12.2 Å². The van der Waals surface area contributed by atoms with Crippen LogP contribution in [0.15, 0.2) is 0 Å². The lowest BCUT2D eigenvalue weighted by Gasteiger charge is -2.61. The standard InChI is InChI=1S/C17H20F3N5O2S/c18-17(19,20)13-21-12(28-23-13)3-10-4-15(5-10)6-24(7-15)14(27)25-8-16(9-25)2-1-11(26)22-16/h10H,1-9H2,(H,22,26). The summed E-state index contributed by atoms with van der Waals surface area (Å²) in [5.74, 6) is -0.673. The van der Waals surface area contributed by atoms with Crippen molar-refractivity contribution in [2.24, 2.45) is 11.3 Å². The third-order valence-corrected chi connectivity index (χ3v) is 7.18. The molecule has 152 valence electrons. The molecule has 1 aromatic rings. The minimum Gasteiger partial charge on any atom is -0.347 e. The van der Waals surface area contributed by atoms with Gasteiger partial charge in [0.2, 0.25) is 11.7 Å². The Bertz CT molecular complexity index is 821. The normalized spacial score (nSPS) is 25.5. The van der Waals surface area contributed by atoms with Crippen LogP contribution >= 0.6 is 11.5 Å². The summed E-state index contributed by atoms with van der Waals surface area (Å²) in [7, 11) is 0. The van der Waals surface area contributed by atoms with Gasteiger partial charge in [0, 0.05) is 44.4 Å². The first kappa shape index (κ1) is 18.1. The van der Waals surface area contributed by atoms with Gasteiger partial charge < -0.3 is 15.1 Å². The highest BCUT2D eigenvalue weighted by Crippen LogP contribution is 2.53. The molecular formula is C17H20F3N5O2S. The molecule has 7 nitrogen and oxygen atoms in total. The van der Waals surface area contributed by atoms with Crippen LogP contribution in [-0.4, -0.2) is 62.8 Å². The van der Waals surface area contributed by atoms with Gasteiger partial charge in [-0.3, -0.25) is 4.79 Å². The van der Waals surface area contributed by atoms with E-state index in [0.717, 1.165) is 30.8 Å². The van der Waals surface area contributed by atoms with E-state index in [1.807, 2.05) is 4.90 Å². The Morgan fingerprint density at radius 2 is 1.89 bits per heavy atom. The molecule has 0 unspecified atom stereocenters. The molecule has 4 fully saturated rings. The summed E-state index contributed by atoms with van der Waals surface area (Å²) in [6.45, 7) is 2.59. The molecule has 1 saturated carbocycles. The quantitative estimate of drug-likeness (QED) is 0.800. The molecule has 0 radical (unpaired) electrons. The fourth-order valence-corrected chi connectivity index (χ4v) is 5.97. The maximum atomic E-state index is 12.6. The van der Waals surface area contributed by atoms with Gasteiger partial charge in [-0.1, -0.05) is 0 Å². The number of urea groups is 1. The second-order valence-electron chi connectivity index (χ2n) is 8.81. The number of amides is 3. The summed E-state index contributed by atoms with van der Waals surface area (Å²) < 4.78 is 41.1. The van der Waals surface area contributed by atoms with Crippen molar-refractivity contribution in [1.29, 1.82) is 0 Å². The van der Waals surface area contributed by atoms with Gasteiger partial charge in [0.05, 0.1) is 5.54 Å². The lowest BCUT2D eigenvalue weighted by Crippen LogP contribution is -2.73. The zero-order chi connectivity index (χ0) is 19.7. The van der Waals surface area contributed by atoms with E-state index in [2.05, 4.69) is 14.7 Å². The van der Waals surface area contributed by atoms with E-state index >= 15 is 0 Å². The first-order valence-electron chi connectivity index (χ1n) is 9.40. The first-order chi connectivity index (χ1) is 13.2. The van der Waals surface area contributed by atoms with Crippen molar-refractivity contribution in [3.63, 3.8) is 0 Å². The summed E-state index contributed by atoms with van der Waals surface area (Å²) in [6.07, 6.45) is -0.799.